The minimum Gasteiger partial charge on any atom is -0.382 e. The molecule has 2 heterocycles. The number of nitrogens with one attached hydrogen (secondary N) is 1. The second-order valence-electron chi connectivity index (χ2n) is 5.79. The maximum absolute atomic E-state index is 13.5. The highest BCUT2D eigenvalue weighted by Gasteiger charge is 2.40. The SMILES string of the molecule is O=C(CCNc1ccc(F)cc1F)N1CCC2(CC1)OCCO2. The first-order chi connectivity index (χ1) is 11.1. The van der Waals surface area contributed by atoms with E-state index in [1.165, 1.54) is 12.1 Å². The molecule has 3 rings (SSSR count). The molecule has 1 amide bonds. The zero-order valence-electron chi connectivity index (χ0n) is 12.8. The molecule has 0 bridgehead atoms. The summed E-state index contributed by atoms with van der Waals surface area (Å²) in [6.45, 7) is 2.73. The van der Waals surface area contributed by atoms with Gasteiger partial charge in [0.1, 0.15) is 11.6 Å². The molecule has 2 fully saturated rings. The van der Waals surface area contributed by atoms with E-state index < -0.39 is 17.4 Å². The number of amides is 1. The standard InChI is InChI=1S/C16H20F2N2O3/c17-12-1-2-14(13(18)11-12)19-6-3-15(21)20-7-4-16(5-8-20)22-9-10-23-16/h1-2,11,19H,3-10H2. The van der Waals surface area contributed by atoms with Gasteiger partial charge in [-0.25, -0.2) is 8.78 Å². The van der Waals surface area contributed by atoms with E-state index in [0.717, 1.165) is 6.07 Å². The second-order valence-corrected chi connectivity index (χ2v) is 5.79. The number of carbonyl (C=O) groups excluding carboxylic acids is 1. The summed E-state index contributed by atoms with van der Waals surface area (Å²) < 4.78 is 37.5. The molecule has 1 aromatic carbocycles. The summed E-state index contributed by atoms with van der Waals surface area (Å²) in [5.74, 6) is -1.77. The molecule has 2 aliphatic heterocycles. The molecule has 0 aliphatic carbocycles. The molecule has 1 spiro atoms. The first-order valence-electron chi connectivity index (χ1n) is 7.83. The minimum atomic E-state index is -0.659. The second kappa shape index (κ2) is 6.80. The van der Waals surface area contributed by atoms with Crippen molar-refractivity contribution in [1.29, 1.82) is 0 Å². The third kappa shape index (κ3) is 3.79. The average Bonchev–Trinajstić information content (AvgIpc) is 2.98. The Labute approximate surface area is 133 Å². The number of carbonyl (C=O) groups is 1. The van der Waals surface area contributed by atoms with E-state index in [-0.39, 0.29) is 18.0 Å². The molecular formula is C16H20F2N2O3. The Morgan fingerprint density at radius 2 is 1.91 bits per heavy atom. The molecule has 0 aromatic heterocycles. The molecule has 0 atom stereocenters. The largest absolute Gasteiger partial charge is 0.382 e. The van der Waals surface area contributed by atoms with Gasteiger partial charge in [0.15, 0.2) is 5.79 Å². The van der Waals surface area contributed by atoms with E-state index in [1.54, 1.807) is 4.90 Å². The van der Waals surface area contributed by atoms with Crippen LogP contribution in [0.1, 0.15) is 19.3 Å². The highest BCUT2D eigenvalue weighted by atomic mass is 19.1. The normalized spacial score (nSPS) is 20.0. The van der Waals surface area contributed by atoms with Crippen LogP contribution in [-0.4, -0.2) is 49.4 Å². The number of anilines is 1. The van der Waals surface area contributed by atoms with Crippen molar-refractivity contribution in [2.24, 2.45) is 0 Å². The summed E-state index contributed by atoms with van der Waals surface area (Å²) in [6.07, 6.45) is 1.61. The fourth-order valence-corrected chi connectivity index (χ4v) is 2.98. The van der Waals surface area contributed by atoms with Gasteiger partial charge in [0.25, 0.3) is 0 Å². The van der Waals surface area contributed by atoms with E-state index in [1.807, 2.05) is 0 Å². The minimum absolute atomic E-state index is 0.00728. The van der Waals surface area contributed by atoms with Crippen LogP contribution in [-0.2, 0) is 14.3 Å². The third-order valence-corrected chi connectivity index (χ3v) is 4.28. The summed E-state index contributed by atoms with van der Waals surface area (Å²) in [6, 6.07) is 3.32. The van der Waals surface area contributed by atoms with E-state index in [0.29, 0.717) is 45.7 Å². The van der Waals surface area contributed by atoms with E-state index in [4.69, 9.17) is 9.47 Å². The Hall–Kier alpha value is -1.73. The maximum atomic E-state index is 13.5. The van der Waals surface area contributed by atoms with Gasteiger partial charge in [-0.1, -0.05) is 0 Å². The van der Waals surface area contributed by atoms with E-state index >= 15 is 0 Å². The molecule has 1 N–H and O–H groups in total. The smallest absolute Gasteiger partial charge is 0.224 e. The lowest BCUT2D eigenvalue weighted by atomic mass is 10.0. The number of benzene rings is 1. The van der Waals surface area contributed by atoms with Crippen molar-refractivity contribution in [1.82, 2.24) is 4.90 Å². The highest BCUT2D eigenvalue weighted by Crippen LogP contribution is 2.31. The van der Waals surface area contributed by atoms with Crippen molar-refractivity contribution in [2.45, 2.75) is 25.0 Å². The quantitative estimate of drug-likeness (QED) is 0.921. The fraction of sp³-hybridized carbons (Fsp3) is 0.562. The van der Waals surface area contributed by atoms with Gasteiger partial charge >= 0.3 is 0 Å². The maximum Gasteiger partial charge on any atom is 0.224 e. The van der Waals surface area contributed by atoms with Gasteiger partial charge in [0, 0.05) is 45.0 Å². The number of halogens is 2. The van der Waals surface area contributed by atoms with Gasteiger partial charge < -0.3 is 19.7 Å². The molecule has 2 saturated heterocycles. The molecule has 0 saturated carbocycles. The van der Waals surface area contributed by atoms with Crippen molar-refractivity contribution in [3.63, 3.8) is 0 Å². The monoisotopic (exact) mass is 326 g/mol. The molecule has 126 valence electrons. The van der Waals surface area contributed by atoms with Crippen molar-refractivity contribution >= 4 is 11.6 Å². The summed E-state index contributed by atoms with van der Waals surface area (Å²) in [5.41, 5.74) is 0.199. The van der Waals surface area contributed by atoms with Crippen LogP contribution in [0.5, 0.6) is 0 Å². The van der Waals surface area contributed by atoms with Gasteiger partial charge in [-0.05, 0) is 12.1 Å². The lowest BCUT2D eigenvalue weighted by Crippen LogP contribution is -2.47. The van der Waals surface area contributed by atoms with Crippen LogP contribution in [0.4, 0.5) is 14.5 Å². The summed E-state index contributed by atoms with van der Waals surface area (Å²) in [5, 5.41) is 2.82. The van der Waals surface area contributed by atoms with E-state index in [2.05, 4.69) is 5.32 Å². The molecular weight excluding hydrogens is 306 g/mol. The van der Waals surface area contributed by atoms with Crippen molar-refractivity contribution < 1.29 is 23.0 Å². The topological polar surface area (TPSA) is 50.8 Å². The van der Waals surface area contributed by atoms with Gasteiger partial charge in [-0.2, -0.15) is 0 Å². The Kier molecular flexibility index (Phi) is 4.77. The van der Waals surface area contributed by atoms with Crippen LogP contribution in [0.25, 0.3) is 0 Å². The molecule has 2 aliphatic rings. The highest BCUT2D eigenvalue weighted by molar-refractivity contribution is 5.76. The van der Waals surface area contributed by atoms with Crippen molar-refractivity contribution in [3.8, 4) is 0 Å². The van der Waals surface area contributed by atoms with Gasteiger partial charge in [-0.15, -0.1) is 0 Å². The summed E-state index contributed by atoms with van der Waals surface area (Å²) >= 11 is 0. The van der Waals surface area contributed by atoms with E-state index in [9.17, 15) is 13.6 Å². The lowest BCUT2D eigenvalue weighted by molar-refractivity contribution is -0.187. The first-order valence-corrected chi connectivity index (χ1v) is 7.83. The lowest BCUT2D eigenvalue weighted by Gasteiger charge is -2.37. The molecule has 23 heavy (non-hydrogen) atoms. The third-order valence-electron chi connectivity index (χ3n) is 4.28. The number of rotatable bonds is 4. The summed E-state index contributed by atoms with van der Waals surface area (Å²) in [4.78, 5) is 14.0. The van der Waals surface area contributed by atoms with Gasteiger partial charge in [0.05, 0.1) is 18.9 Å². The van der Waals surface area contributed by atoms with Crippen LogP contribution < -0.4 is 5.32 Å². The molecule has 0 unspecified atom stereocenters. The van der Waals surface area contributed by atoms with Crippen LogP contribution in [0.2, 0.25) is 0 Å². The molecule has 1 aromatic rings. The molecule has 5 nitrogen and oxygen atoms in total. The Balaban J connectivity index is 1.43. The summed E-state index contributed by atoms with van der Waals surface area (Å²) in [7, 11) is 0. The number of hydrogen-bond acceptors (Lipinski definition) is 4. The molecule has 7 heteroatoms. The predicted octanol–water partition coefficient (Wildman–Crippen LogP) is 2.13. The van der Waals surface area contributed by atoms with Crippen LogP contribution >= 0.6 is 0 Å². The van der Waals surface area contributed by atoms with Gasteiger partial charge in [-0.3, -0.25) is 4.79 Å². The Morgan fingerprint density at radius 1 is 1.22 bits per heavy atom. The number of nitrogens with zero attached hydrogens (tertiary/aromatic N) is 1. The number of hydrogen-bond donors (Lipinski definition) is 1. The number of ether oxygens (including phenoxy) is 2. The van der Waals surface area contributed by atoms with Crippen LogP contribution in [0.15, 0.2) is 18.2 Å². The number of likely N-dealkylation sites (tertiary alicyclic amines) is 1. The first kappa shape index (κ1) is 16.1. The fourth-order valence-electron chi connectivity index (χ4n) is 2.98. The zero-order valence-corrected chi connectivity index (χ0v) is 12.8. The van der Waals surface area contributed by atoms with Crippen LogP contribution in [0, 0.1) is 11.6 Å². The Morgan fingerprint density at radius 3 is 2.57 bits per heavy atom. The van der Waals surface area contributed by atoms with Gasteiger partial charge in [0.2, 0.25) is 5.91 Å². The predicted molar refractivity (Wildman–Crippen MR) is 79.9 cm³/mol. The zero-order chi connectivity index (χ0) is 16.3. The van der Waals surface area contributed by atoms with Crippen LogP contribution in [0.3, 0.4) is 0 Å². The average molecular weight is 326 g/mol. The Bertz CT molecular complexity index is 566. The van der Waals surface area contributed by atoms with Crippen molar-refractivity contribution in [2.75, 3.05) is 38.2 Å². The molecule has 0 radical (unpaired) electrons. The van der Waals surface area contributed by atoms with Crippen molar-refractivity contribution in [3.05, 3.63) is 29.8 Å². The number of piperidine rings is 1.